The Morgan fingerprint density at radius 2 is 2.13 bits per heavy atom. The maximum absolute atomic E-state index is 11.5. The number of nitrogens with zero attached hydrogens (tertiary/aromatic N) is 1. The number of H-pyrrole nitrogens is 1. The molecule has 0 radical (unpaired) electrons. The number of aromatic nitrogens is 1. The molecule has 78 valence electrons. The lowest BCUT2D eigenvalue weighted by molar-refractivity contribution is -0.137. The van der Waals surface area contributed by atoms with E-state index in [0.717, 1.165) is 16.2 Å². The molecule has 1 aliphatic rings. The van der Waals surface area contributed by atoms with E-state index in [9.17, 15) is 14.4 Å². The normalized spacial score (nSPS) is 16.1. The Morgan fingerprint density at radius 3 is 2.60 bits per heavy atom. The number of amides is 2. The van der Waals surface area contributed by atoms with Crippen LogP contribution in [-0.4, -0.2) is 21.7 Å². The van der Waals surface area contributed by atoms with Crippen LogP contribution in [0.2, 0.25) is 0 Å². The number of imide groups is 1. The Kier molecular flexibility index (Phi) is 2.28. The molecule has 0 unspecified atom stereocenters. The van der Waals surface area contributed by atoms with Crippen LogP contribution in [0.5, 0.6) is 0 Å². The second-order valence-corrected chi connectivity index (χ2v) is 4.07. The SMILES string of the molecule is CC1=CC(=O)N(Cc2csc(=O)[nH]2)C1=O. The van der Waals surface area contributed by atoms with Crippen LogP contribution < -0.4 is 4.87 Å². The number of thiazole rings is 1. The van der Waals surface area contributed by atoms with Crippen molar-refractivity contribution < 1.29 is 9.59 Å². The van der Waals surface area contributed by atoms with Gasteiger partial charge in [-0.15, -0.1) is 0 Å². The van der Waals surface area contributed by atoms with E-state index in [2.05, 4.69) is 4.98 Å². The number of nitrogens with one attached hydrogen (secondary N) is 1. The number of carbonyl (C=O) groups is 2. The Labute approximate surface area is 89.0 Å². The molecule has 0 bridgehead atoms. The minimum atomic E-state index is -0.329. The summed E-state index contributed by atoms with van der Waals surface area (Å²) in [5.74, 6) is -0.628. The summed E-state index contributed by atoms with van der Waals surface area (Å²) < 4.78 is 0. The highest BCUT2D eigenvalue weighted by molar-refractivity contribution is 7.07. The third-order valence-electron chi connectivity index (χ3n) is 2.09. The summed E-state index contributed by atoms with van der Waals surface area (Å²) >= 11 is 1.01. The first-order valence-corrected chi connectivity index (χ1v) is 5.16. The van der Waals surface area contributed by atoms with E-state index in [4.69, 9.17) is 0 Å². The van der Waals surface area contributed by atoms with Crippen LogP contribution in [0.1, 0.15) is 12.6 Å². The zero-order valence-electron chi connectivity index (χ0n) is 7.94. The zero-order chi connectivity index (χ0) is 11.0. The van der Waals surface area contributed by atoms with E-state index in [1.54, 1.807) is 12.3 Å². The topological polar surface area (TPSA) is 70.2 Å². The molecule has 1 aromatic rings. The number of aromatic amines is 1. The van der Waals surface area contributed by atoms with Crippen LogP contribution in [0, 0.1) is 0 Å². The summed E-state index contributed by atoms with van der Waals surface area (Å²) in [5.41, 5.74) is 1.01. The fraction of sp³-hybridized carbons (Fsp3) is 0.222. The molecule has 0 saturated carbocycles. The second-order valence-electron chi connectivity index (χ2n) is 3.23. The van der Waals surface area contributed by atoms with Gasteiger partial charge >= 0.3 is 4.87 Å². The molecule has 0 saturated heterocycles. The van der Waals surface area contributed by atoms with Crippen molar-refractivity contribution in [3.63, 3.8) is 0 Å². The number of hydrogen-bond donors (Lipinski definition) is 1. The van der Waals surface area contributed by atoms with Crippen molar-refractivity contribution in [2.75, 3.05) is 0 Å². The number of carbonyl (C=O) groups excluding carboxylic acids is 2. The predicted molar refractivity (Wildman–Crippen MR) is 54.3 cm³/mol. The third kappa shape index (κ3) is 1.75. The van der Waals surface area contributed by atoms with Gasteiger partial charge in [-0.2, -0.15) is 0 Å². The third-order valence-corrected chi connectivity index (χ3v) is 2.81. The average molecular weight is 224 g/mol. The van der Waals surface area contributed by atoms with Gasteiger partial charge in [-0.1, -0.05) is 11.3 Å². The molecule has 2 heterocycles. The summed E-state index contributed by atoms with van der Waals surface area (Å²) in [6.45, 7) is 1.72. The molecule has 2 amide bonds. The Hall–Kier alpha value is -1.69. The summed E-state index contributed by atoms with van der Waals surface area (Å²) in [4.78, 5) is 37.1. The molecule has 0 aliphatic carbocycles. The van der Waals surface area contributed by atoms with Crippen LogP contribution in [0.25, 0.3) is 0 Å². The van der Waals surface area contributed by atoms with Crippen molar-refractivity contribution in [1.29, 1.82) is 0 Å². The highest BCUT2D eigenvalue weighted by atomic mass is 32.1. The molecule has 0 spiro atoms. The minimum absolute atomic E-state index is 0.129. The van der Waals surface area contributed by atoms with Crippen molar-refractivity contribution in [2.45, 2.75) is 13.5 Å². The van der Waals surface area contributed by atoms with Gasteiger partial charge in [-0.05, 0) is 6.92 Å². The molecule has 1 aliphatic heterocycles. The van der Waals surface area contributed by atoms with Gasteiger partial charge in [-0.3, -0.25) is 19.3 Å². The van der Waals surface area contributed by atoms with Crippen LogP contribution in [0.15, 0.2) is 21.8 Å². The molecule has 6 heteroatoms. The quantitative estimate of drug-likeness (QED) is 0.732. The van der Waals surface area contributed by atoms with Gasteiger partial charge in [-0.25, -0.2) is 0 Å². The lowest BCUT2D eigenvalue weighted by Crippen LogP contribution is -2.30. The Morgan fingerprint density at radius 1 is 1.40 bits per heavy atom. The molecular formula is C9H8N2O3S. The van der Waals surface area contributed by atoms with E-state index in [1.807, 2.05) is 0 Å². The van der Waals surface area contributed by atoms with Crippen molar-refractivity contribution in [3.8, 4) is 0 Å². The largest absolute Gasteiger partial charge is 0.315 e. The van der Waals surface area contributed by atoms with E-state index in [0.29, 0.717) is 11.3 Å². The number of rotatable bonds is 2. The summed E-state index contributed by atoms with van der Waals surface area (Å²) in [6.07, 6.45) is 1.30. The maximum Gasteiger partial charge on any atom is 0.304 e. The summed E-state index contributed by atoms with van der Waals surface area (Å²) in [5, 5.41) is 1.61. The lowest BCUT2D eigenvalue weighted by atomic mass is 10.3. The van der Waals surface area contributed by atoms with Crippen molar-refractivity contribution in [3.05, 3.63) is 32.4 Å². The van der Waals surface area contributed by atoms with E-state index < -0.39 is 0 Å². The molecule has 1 aromatic heterocycles. The molecule has 1 N–H and O–H groups in total. The first kappa shape index (κ1) is 9.85. The molecule has 2 rings (SSSR count). The van der Waals surface area contributed by atoms with Crippen molar-refractivity contribution >= 4 is 23.2 Å². The van der Waals surface area contributed by atoms with Crippen molar-refractivity contribution in [1.82, 2.24) is 9.88 Å². The maximum atomic E-state index is 11.5. The predicted octanol–water partition coefficient (Wildman–Crippen LogP) is 0.252. The minimum Gasteiger partial charge on any atom is -0.315 e. The molecule has 5 nitrogen and oxygen atoms in total. The first-order valence-electron chi connectivity index (χ1n) is 4.29. The molecule has 0 atom stereocenters. The standard InChI is InChI=1S/C9H8N2O3S/c1-5-2-7(12)11(8(5)13)3-6-4-15-9(14)10-6/h2,4H,3H2,1H3,(H,10,14). The zero-order valence-corrected chi connectivity index (χ0v) is 8.76. The van der Waals surface area contributed by atoms with Crippen molar-refractivity contribution in [2.24, 2.45) is 0 Å². The van der Waals surface area contributed by atoms with Crippen LogP contribution in [0.3, 0.4) is 0 Å². The summed E-state index contributed by atoms with van der Waals surface area (Å²) in [7, 11) is 0. The van der Waals surface area contributed by atoms with Gasteiger partial charge in [0.2, 0.25) is 0 Å². The van der Waals surface area contributed by atoms with E-state index in [1.165, 1.54) is 6.08 Å². The molecule has 0 aromatic carbocycles. The highest BCUT2D eigenvalue weighted by Crippen LogP contribution is 2.14. The van der Waals surface area contributed by atoms with Crippen LogP contribution in [0.4, 0.5) is 0 Å². The monoisotopic (exact) mass is 224 g/mol. The van der Waals surface area contributed by atoms with Crippen LogP contribution >= 0.6 is 11.3 Å². The van der Waals surface area contributed by atoms with Gasteiger partial charge in [0.15, 0.2) is 0 Å². The van der Waals surface area contributed by atoms with Gasteiger partial charge < -0.3 is 4.98 Å². The first-order chi connectivity index (χ1) is 7.08. The van der Waals surface area contributed by atoms with Gasteiger partial charge in [0.05, 0.1) is 6.54 Å². The molecule has 15 heavy (non-hydrogen) atoms. The molecule has 0 fully saturated rings. The van der Waals surface area contributed by atoms with Gasteiger partial charge in [0.1, 0.15) is 0 Å². The summed E-state index contributed by atoms with van der Waals surface area (Å²) in [6, 6.07) is 0. The fourth-order valence-corrected chi connectivity index (χ4v) is 1.92. The second kappa shape index (κ2) is 3.47. The average Bonchev–Trinajstić information content (AvgIpc) is 2.67. The fourth-order valence-electron chi connectivity index (χ4n) is 1.35. The highest BCUT2D eigenvalue weighted by Gasteiger charge is 2.28. The lowest BCUT2D eigenvalue weighted by Gasteiger charge is -2.12. The van der Waals surface area contributed by atoms with E-state index >= 15 is 0 Å². The smallest absolute Gasteiger partial charge is 0.304 e. The van der Waals surface area contributed by atoms with E-state index in [-0.39, 0.29) is 23.2 Å². The van der Waals surface area contributed by atoms with Gasteiger partial charge in [0.25, 0.3) is 11.8 Å². The van der Waals surface area contributed by atoms with Gasteiger partial charge in [0, 0.05) is 22.7 Å². The number of hydrogen-bond acceptors (Lipinski definition) is 4. The molecular weight excluding hydrogens is 216 g/mol. The Bertz CT molecular complexity index is 511. The Balaban J connectivity index is 2.18. The van der Waals surface area contributed by atoms with Crippen LogP contribution in [-0.2, 0) is 16.1 Å².